The van der Waals surface area contributed by atoms with Gasteiger partial charge in [-0.2, -0.15) is 0 Å². The van der Waals surface area contributed by atoms with Crippen molar-refractivity contribution in [3.05, 3.63) is 113 Å². The number of aryl methyl sites for hydroxylation is 3. The Morgan fingerprint density at radius 1 is 0.917 bits per heavy atom. The zero-order chi connectivity index (χ0) is 25.9. The van der Waals surface area contributed by atoms with Gasteiger partial charge in [0.2, 0.25) is 10.0 Å². The van der Waals surface area contributed by atoms with Crippen LogP contribution in [0, 0.1) is 20.8 Å². The number of amides is 1. The number of carbonyl (C=O) groups excluding carboxylic acids is 1. The summed E-state index contributed by atoms with van der Waals surface area (Å²) in [6.07, 6.45) is 4.87. The Morgan fingerprint density at radius 2 is 1.58 bits per heavy atom. The van der Waals surface area contributed by atoms with Crippen LogP contribution in [0.15, 0.2) is 79.1 Å². The second-order valence-corrected chi connectivity index (χ2v) is 10.8. The van der Waals surface area contributed by atoms with Crippen molar-refractivity contribution in [2.45, 2.75) is 33.9 Å². The zero-order valence-electron chi connectivity index (χ0n) is 20.9. The summed E-state index contributed by atoms with van der Waals surface area (Å²) in [5, 5.41) is 2.94. The lowest BCUT2D eigenvalue weighted by Crippen LogP contribution is -2.29. The Labute approximate surface area is 212 Å². The third-order valence-electron chi connectivity index (χ3n) is 6.21. The molecule has 3 aromatic carbocycles. The minimum absolute atomic E-state index is 0.186. The largest absolute Gasteiger partial charge is 0.348 e. The van der Waals surface area contributed by atoms with E-state index in [9.17, 15) is 13.2 Å². The van der Waals surface area contributed by atoms with Crippen LogP contribution in [0.25, 0.3) is 5.69 Å². The summed E-state index contributed by atoms with van der Waals surface area (Å²) in [4.78, 5) is 16.9. The number of nitrogens with one attached hydrogen (secondary N) is 1. The van der Waals surface area contributed by atoms with Gasteiger partial charge in [0.1, 0.15) is 5.82 Å². The first kappa shape index (κ1) is 25.2. The van der Waals surface area contributed by atoms with Gasteiger partial charge in [-0.3, -0.25) is 9.10 Å². The molecule has 0 saturated heterocycles. The number of rotatable bonds is 8. The minimum Gasteiger partial charge on any atom is -0.348 e. The van der Waals surface area contributed by atoms with Crippen LogP contribution in [0.3, 0.4) is 0 Å². The monoisotopic (exact) mass is 502 g/mol. The first-order valence-corrected chi connectivity index (χ1v) is 13.5. The van der Waals surface area contributed by atoms with E-state index in [1.807, 2.05) is 74.0 Å². The molecule has 1 heterocycles. The van der Waals surface area contributed by atoms with E-state index in [0.29, 0.717) is 17.8 Å². The van der Waals surface area contributed by atoms with E-state index >= 15 is 0 Å². The topological polar surface area (TPSA) is 84.3 Å². The molecule has 36 heavy (non-hydrogen) atoms. The minimum atomic E-state index is -3.48. The molecule has 0 atom stereocenters. The standard InChI is InChI=1S/C28H30N4O3S/c1-20-5-12-27(17-21(20)2)32(36(4,34)35)19-24-6-10-25(11-7-24)28(33)30-18-23-8-13-26(14-9-23)31-16-15-29-22(31)3/h5-17H,18-19H2,1-4H3,(H,30,33). The van der Waals surface area contributed by atoms with E-state index in [1.165, 1.54) is 10.6 Å². The second-order valence-electron chi connectivity index (χ2n) is 8.93. The normalized spacial score (nSPS) is 11.3. The van der Waals surface area contributed by atoms with Crippen molar-refractivity contribution >= 4 is 21.6 Å². The number of sulfonamides is 1. The highest BCUT2D eigenvalue weighted by Crippen LogP contribution is 2.23. The maximum absolute atomic E-state index is 12.7. The Morgan fingerprint density at radius 3 is 2.17 bits per heavy atom. The van der Waals surface area contributed by atoms with E-state index in [1.54, 1.807) is 30.5 Å². The lowest BCUT2D eigenvalue weighted by molar-refractivity contribution is 0.0951. The lowest BCUT2D eigenvalue weighted by Gasteiger charge is -2.23. The molecule has 8 heteroatoms. The molecule has 1 aromatic heterocycles. The van der Waals surface area contributed by atoms with Gasteiger partial charge in [-0.25, -0.2) is 13.4 Å². The zero-order valence-corrected chi connectivity index (χ0v) is 21.7. The van der Waals surface area contributed by atoms with Crippen molar-refractivity contribution < 1.29 is 13.2 Å². The molecule has 0 spiro atoms. The molecule has 0 aliphatic heterocycles. The summed E-state index contributed by atoms with van der Waals surface area (Å²) in [6.45, 7) is 6.48. The van der Waals surface area contributed by atoms with Crippen molar-refractivity contribution in [1.29, 1.82) is 0 Å². The van der Waals surface area contributed by atoms with Crippen LogP contribution in [0.4, 0.5) is 5.69 Å². The van der Waals surface area contributed by atoms with Crippen LogP contribution in [0.1, 0.15) is 38.4 Å². The van der Waals surface area contributed by atoms with Gasteiger partial charge in [0.05, 0.1) is 18.5 Å². The maximum Gasteiger partial charge on any atom is 0.251 e. The molecular weight excluding hydrogens is 472 g/mol. The number of hydrogen-bond acceptors (Lipinski definition) is 4. The van der Waals surface area contributed by atoms with Crippen LogP contribution in [0.2, 0.25) is 0 Å². The van der Waals surface area contributed by atoms with Gasteiger partial charge in [0.25, 0.3) is 5.91 Å². The molecule has 0 saturated carbocycles. The predicted molar refractivity (Wildman–Crippen MR) is 143 cm³/mol. The smallest absolute Gasteiger partial charge is 0.251 e. The highest BCUT2D eigenvalue weighted by Gasteiger charge is 2.18. The summed E-state index contributed by atoms with van der Waals surface area (Å²) in [7, 11) is -3.48. The first-order valence-electron chi connectivity index (χ1n) is 11.6. The van der Waals surface area contributed by atoms with Crippen molar-refractivity contribution in [3.63, 3.8) is 0 Å². The fourth-order valence-electron chi connectivity index (χ4n) is 3.92. The molecule has 0 radical (unpaired) electrons. The average Bonchev–Trinajstić information content (AvgIpc) is 3.28. The summed E-state index contributed by atoms with van der Waals surface area (Å²) in [5.74, 6) is 0.721. The van der Waals surface area contributed by atoms with Crippen molar-refractivity contribution in [1.82, 2.24) is 14.9 Å². The molecule has 0 aliphatic rings. The molecule has 4 aromatic rings. The van der Waals surface area contributed by atoms with E-state index in [-0.39, 0.29) is 12.5 Å². The van der Waals surface area contributed by atoms with Gasteiger partial charge in [0, 0.05) is 30.2 Å². The van der Waals surface area contributed by atoms with Crippen molar-refractivity contribution in [2.24, 2.45) is 0 Å². The molecule has 0 aliphatic carbocycles. The number of aromatic nitrogens is 2. The third kappa shape index (κ3) is 5.83. The molecule has 0 fully saturated rings. The number of hydrogen-bond donors (Lipinski definition) is 1. The maximum atomic E-state index is 12.7. The van der Waals surface area contributed by atoms with Crippen LogP contribution < -0.4 is 9.62 Å². The number of carbonyl (C=O) groups is 1. The molecule has 0 bridgehead atoms. The summed E-state index contributed by atoms with van der Waals surface area (Å²) in [5.41, 5.74) is 6.06. The van der Waals surface area contributed by atoms with Gasteiger partial charge in [-0.15, -0.1) is 0 Å². The molecule has 4 rings (SSSR count). The Kier molecular flexibility index (Phi) is 7.26. The fourth-order valence-corrected chi connectivity index (χ4v) is 4.80. The third-order valence-corrected chi connectivity index (χ3v) is 7.36. The Bertz CT molecular complexity index is 1470. The Hall–Kier alpha value is -3.91. The molecular formula is C28H30N4O3S. The first-order chi connectivity index (χ1) is 17.1. The SMILES string of the molecule is Cc1ccc(N(Cc2ccc(C(=O)NCc3ccc(-n4ccnc4C)cc3)cc2)S(C)(=O)=O)cc1C. The molecule has 1 amide bonds. The average molecular weight is 503 g/mol. The fraction of sp³-hybridized carbons (Fsp3) is 0.214. The van der Waals surface area contributed by atoms with Crippen LogP contribution >= 0.6 is 0 Å². The van der Waals surface area contributed by atoms with E-state index in [2.05, 4.69) is 10.3 Å². The van der Waals surface area contributed by atoms with Gasteiger partial charge < -0.3 is 9.88 Å². The van der Waals surface area contributed by atoms with Gasteiger partial charge in [0.15, 0.2) is 0 Å². The van der Waals surface area contributed by atoms with Crippen LogP contribution in [0.5, 0.6) is 0 Å². The highest BCUT2D eigenvalue weighted by molar-refractivity contribution is 7.92. The molecule has 0 unspecified atom stereocenters. The predicted octanol–water partition coefficient (Wildman–Crippen LogP) is 4.69. The van der Waals surface area contributed by atoms with Gasteiger partial charge in [-0.1, -0.05) is 30.3 Å². The van der Waals surface area contributed by atoms with E-state index in [0.717, 1.165) is 33.8 Å². The number of imidazole rings is 1. The second kappa shape index (κ2) is 10.4. The van der Waals surface area contributed by atoms with Crippen LogP contribution in [-0.4, -0.2) is 30.1 Å². The van der Waals surface area contributed by atoms with E-state index in [4.69, 9.17) is 0 Å². The molecule has 186 valence electrons. The van der Waals surface area contributed by atoms with Crippen molar-refractivity contribution in [2.75, 3.05) is 10.6 Å². The van der Waals surface area contributed by atoms with Gasteiger partial charge >= 0.3 is 0 Å². The highest BCUT2D eigenvalue weighted by atomic mass is 32.2. The molecule has 1 N–H and O–H groups in total. The van der Waals surface area contributed by atoms with Crippen molar-refractivity contribution in [3.8, 4) is 5.69 Å². The quantitative estimate of drug-likeness (QED) is 0.379. The Balaban J connectivity index is 1.40. The van der Waals surface area contributed by atoms with E-state index < -0.39 is 10.0 Å². The number of benzene rings is 3. The van der Waals surface area contributed by atoms with Gasteiger partial charge in [-0.05, 0) is 79.4 Å². The number of anilines is 1. The van der Waals surface area contributed by atoms with Crippen LogP contribution in [-0.2, 0) is 23.1 Å². The summed E-state index contributed by atoms with van der Waals surface area (Å²) in [6, 6.07) is 20.6. The molecule has 7 nitrogen and oxygen atoms in total. The number of nitrogens with zero attached hydrogens (tertiary/aromatic N) is 3. The lowest BCUT2D eigenvalue weighted by atomic mass is 10.1. The summed E-state index contributed by atoms with van der Waals surface area (Å²) >= 11 is 0. The summed E-state index contributed by atoms with van der Waals surface area (Å²) < 4.78 is 28.4.